The first-order valence-electron chi connectivity index (χ1n) is 6.56. The Balaban J connectivity index is 2.87. The van der Waals surface area contributed by atoms with E-state index in [2.05, 4.69) is 4.98 Å². The van der Waals surface area contributed by atoms with Crippen LogP contribution in [-0.4, -0.2) is 37.3 Å². The van der Waals surface area contributed by atoms with Gasteiger partial charge in [-0.1, -0.05) is 6.07 Å². The number of aryl methyl sites for hydroxylation is 1. The fraction of sp³-hybridized carbons (Fsp3) is 0.0625. The fourth-order valence-electron chi connectivity index (χ4n) is 2.23. The molecule has 0 fully saturated rings. The SMILES string of the molecule is Cc1cc(S(=O)c2ccccn2)c(C(=O)O)c(C=C=O)c1C(=O)O. The fourth-order valence-corrected chi connectivity index (χ4v) is 3.49. The number of carbonyl (C=O) groups is 2. The first kappa shape index (κ1) is 17.3. The largest absolute Gasteiger partial charge is 0.478 e. The highest BCUT2D eigenvalue weighted by atomic mass is 32.2. The first-order chi connectivity index (χ1) is 11.4. The second kappa shape index (κ2) is 6.99. The molecule has 8 heteroatoms. The first-order valence-corrected chi connectivity index (χ1v) is 7.71. The van der Waals surface area contributed by atoms with Crippen molar-refractivity contribution >= 4 is 34.8 Å². The summed E-state index contributed by atoms with van der Waals surface area (Å²) < 4.78 is 12.7. The zero-order chi connectivity index (χ0) is 17.9. The molecule has 0 aliphatic heterocycles. The van der Waals surface area contributed by atoms with Crippen molar-refractivity contribution in [2.24, 2.45) is 0 Å². The van der Waals surface area contributed by atoms with E-state index in [1.165, 1.54) is 31.2 Å². The number of pyridine rings is 1. The lowest BCUT2D eigenvalue weighted by Gasteiger charge is -2.13. The normalized spacial score (nSPS) is 11.4. The molecule has 0 saturated carbocycles. The van der Waals surface area contributed by atoms with Gasteiger partial charge in [-0.15, -0.1) is 0 Å². The Morgan fingerprint density at radius 3 is 2.38 bits per heavy atom. The lowest BCUT2D eigenvalue weighted by Crippen LogP contribution is -2.14. The zero-order valence-electron chi connectivity index (χ0n) is 12.3. The molecule has 122 valence electrons. The Kier molecular flexibility index (Phi) is 5.03. The topological polar surface area (TPSA) is 122 Å². The maximum absolute atomic E-state index is 12.7. The van der Waals surface area contributed by atoms with Gasteiger partial charge in [0, 0.05) is 17.8 Å². The molecule has 2 N–H and O–H groups in total. The van der Waals surface area contributed by atoms with Crippen LogP contribution in [0.4, 0.5) is 0 Å². The number of nitrogens with zero attached hydrogens (tertiary/aromatic N) is 1. The van der Waals surface area contributed by atoms with Crippen LogP contribution < -0.4 is 0 Å². The molecule has 0 bridgehead atoms. The quantitative estimate of drug-likeness (QED) is 0.792. The highest BCUT2D eigenvalue weighted by molar-refractivity contribution is 7.85. The van der Waals surface area contributed by atoms with Crippen LogP contribution in [0.25, 0.3) is 6.08 Å². The molecular weight excluding hydrogens is 334 g/mol. The van der Waals surface area contributed by atoms with E-state index >= 15 is 0 Å². The maximum Gasteiger partial charge on any atom is 0.337 e. The Morgan fingerprint density at radius 2 is 1.88 bits per heavy atom. The molecule has 0 aliphatic carbocycles. The lowest BCUT2D eigenvalue weighted by molar-refractivity contribution is 0.0692. The van der Waals surface area contributed by atoms with E-state index < -0.39 is 28.3 Å². The van der Waals surface area contributed by atoms with Crippen LogP contribution in [-0.2, 0) is 15.6 Å². The van der Waals surface area contributed by atoms with Gasteiger partial charge in [-0.25, -0.2) is 23.6 Å². The summed E-state index contributed by atoms with van der Waals surface area (Å²) in [7, 11) is -1.96. The van der Waals surface area contributed by atoms with Crippen LogP contribution >= 0.6 is 0 Å². The number of aromatic nitrogens is 1. The minimum absolute atomic E-state index is 0.114. The van der Waals surface area contributed by atoms with Gasteiger partial charge in [0.2, 0.25) is 0 Å². The van der Waals surface area contributed by atoms with Crippen molar-refractivity contribution in [2.45, 2.75) is 16.8 Å². The maximum atomic E-state index is 12.7. The van der Waals surface area contributed by atoms with Crippen LogP contribution in [0, 0.1) is 6.92 Å². The summed E-state index contributed by atoms with van der Waals surface area (Å²) >= 11 is 0. The smallest absolute Gasteiger partial charge is 0.337 e. The van der Waals surface area contributed by atoms with Crippen molar-refractivity contribution in [2.75, 3.05) is 0 Å². The molecule has 0 spiro atoms. The number of carbonyl (C=O) groups excluding carboxylic acids is 1. The van der Waals surface area contributed by atoms with E-state index in [1.54, 1.807) is 12.1 Å². The Labute approximate surface area is 138 Å². The monoisotopic (exact) mass is 345 g/mol. The average molecular weight is 345 g/mol. The molecule has 2 rings (SSSR count). The average Bonchev–Trinajstić information content (AvgIpc) is 2.54. The Morgan fingerprint density at radius 1 is 1.21 bits per heavy atom. The predicted octanol–water partition coefficient (Wildman–Crippen LogP) is 1.80. The second-order valence-electron chi connectivity index (χ2n) is 4.66. The standard InChI is InChI=1S/C16H11NO6S/c1-9-8-11(24(23)12-4-2-3-6-17-12)14(16(21)22)10(5-7-18)13(9)15(19)20/h2-6,8H,1H3,(H,19,20)(H,21,22). The highest BCUT2D eigenvalue weighted by Crippen LogP contribution is 2.29. The van der Waals surface area contributed by atoms with Gasteiger partial charge in [-0.2, -0.15) is 0 Å². The number of benzene rings is 1. The third-order valence-electron chi connectivity index (χ3n) is 3.19. The second-order valence-corrected chi connectivity index (χ2v) is 6.06. The number of hydrogen-bond acceptors (Lipinski definition) is 5. The van der Waals surface area contributed by atoms with E-state index in [0.717, 1.165) is 6.08 Å². The number of rotatable bonds is 5. The van der Waals surface area contributed by atoms with Gasteiger partial charge in [0.25, 0.3) is 0 Å². The highest BCUT2D eigenvalue weighted by Gasteiger charge is 2.27. The number of carboxylic acids is 2. The molecule has 24 heavy (non-hydrogen) atoms. The third kappa shape index (κ3) is 3.15. The molecule has 1 aromatic heterocycles. The number of aromatic carboxylic acids is 2. The van der Waals surface area contributed by atoms with Crippen molar-refractivity contribution in [3.05, 3.63) is 52.7 Å². The zero-order valence-corrected chi connectivity index (χ0v) is 13.2. The summed E-state index contributed by atoms with van der Waals surface area (Å²) in [6.07, 6.45) is 2.12. The van der Waals surface area contributed by atoms with Gasteiger partial charge < -0.3 is 10.2 Å². The molecule has 1 atom stereocenters. The van der Waals surface area contributed by atoms with Crippen LogP contribution in [0.2, 0.25) is 0 Å². The van der Waals surface area contributed by atoms with Gasteiger partial charge >= 0.3 is 11.9 Å². The molecular formula is C16H11NO6S. The third-order valence-corrected chi connectivity index (χ3v) is 4.53. The molecule has 1 aromatic carbocycles. The van der Waals surface area contributed by atoms with Gasteiger partial charge in [0.05, 0.1) is 16.0 Å². The molecule has 0 amide bonds. The van der Waals surface area contributed by atoms with E-state index in [4.69, 9.17) is 0 Å². The predicted molar refractivity (Wildman–Crippen MR) is 84.2 cm³/mol. The van der Waals surface area contributed by atoms with Gasteiger partial charge in [0.15, 0.2) is 0 Å². The molecule has 0 radical (unpaired) electrons. The van der Waals surface area contributed by atoms with Crippen molar-refractivity contribution in [3.63, 3.8) is 0 Å². The summed E-state index contributed by atoms with van der Waals surface area (Å²) in [6.45, 7) is 1.43. The Bertz CT molecular complexity index is 901. The summed E-state index contributed by atoms with van der Waals surface area (Å²) in [5.74, 6) is -1.51. The Hall–Kier alpha value is -3.09. The molecule has 1 heterocycles. The van der Waals surface area contributed by atoms with Crippen molar-refractivity contribution in [1.82, 2.24) is 4.98 Å². The van der Waals surface area contributed by atoms with Gasteiger partial charge in [-0.05, 0) is 30.7 Å². The molecule has 0 aliphatic rings. The van der Waals surface area contributed by atoms with Crippen LogP contribution in [0.1, 0.15) is 31.8 Å². The van der Waals surface area contributed by atoms with Crippen LogP contribution in [0.3, 0.4) is 0 Å². The summed E-state index contributed by atoms with van der Waals surface area (Å²) in [6, 6.07) is 5.88. The minimum Gasteiger partial charge on any atom is -0.478 e. The van der Waals surface area contributed by atoms with E-state index in [0.29, 0.717) is 0 Å². The molecule has 2 aromatic rings. The summed E-state index contributed by atoms with van der Waals surface area (Å²) in [5.41, 5.74) is -1.04. The lowest BCUT2D eigenvalue weighted by atomic mass is 9.96. The number of carboxylic acid groups (broad SMARTS) is 2. The van der Waals surface area contributed by atoms with Crippen LogP contribution in [0.5, 0.6) is 0 Å². The van der Waals surface area contributed by atoms with Crippen molar-refractivity contribution in [3.8, 4) is 0 Å². The molecule has 7 nitrogen and oxygen atoms in total. The number of hydrogen-bond donors (Lipinski definition) is 2. The summed E-state index contributed by atoms with van der Waals surface area (Å²) in [5, 5.41) is 18.9. The molecule has 0 saturated heterocycles. The van der Waals surface area contributed by atoms with Gasteiger partial charge in [0.1, 0.15) is 21.8 Å². The van der Waals surface area contributed by atoms with Crippen LogP contribution in [0.15, 0.2) is 40.4 Å². The van der Waals surface area contributed by atoms with Crippen molar-refractivity contribution in [1.29, 1.82) is 0 Å². The van der Waals surface area contributed by atoms with Gasteiger partial charge in [-0.3, -0.25) is 0 Å². The summed E-state index contributed by atoms with van der Waals surface area (Å²) in [4.78, 5) is 37.6. The molecule has 1 unspecified atom stereocenters. The van der Waals surface area contributed by atoms with E-state index in [-0.39, 0.29) is 26.6 Å². The minimum atomic E-state index is -1.96. The van der Waals surface area contributed by atoms with E-state index in [1.807, 2.05) is 0 Å². The van der Waals surface area contributed by atoms with E-state index in [9.17, 15) is 28.8 Å². The van der Waals surface area contributed by atoms with Crippen molar-refractivity contribution < 1.29 is 28.8 Å².